The number of unbranched alkanes of at least 4 members (excludes halogenated alkanes) is 1. The van der Waals surface area contributed by atoms with Crippen LogP contribution < -0.4 is 5.32 Å². The predicted molar refractivity (Wildman–Crippen MR) is 69.5 cm³/mol. The van der Waals surface area contributed by atoms with E-state index in [-0.39, 0.29) is 11.8 Å². The number of nitrogens with zero attached hydrogens (tertiary/aromatic N) is 1. The van der Waals surface area contributed by atoms with Crippen LogP contribution in [-0.4, -0.2) is 37.0 Å². The molecule has 2 unspecified atom stereocenters. The summed E-state index contributed by atoms with van der Waals surface area (Å²) in [5, 5.41) is 3.07. The zero-order valence-corrected chi connectivity index (χ0v) is 11.5. The van der Waals surface area contributed by atoms with Gasteiger partial charge in [-0.1, -0.05) is 27.2 Å². The van der Waals surface area contributed by atoms with Crippen LogP contribution in [0, 0.1) is 5.92 Å². The fourth-order valence-electron chi connectivity index (χ4n) is 1.77. The molecule has 0 spiro atoms. The molecule has 1 amide bonds. The Balaban J connectivity index is 4.42. The second-order valence-corrected chi connectivity index (χ2v) is 4.60. The van der Waals surface area contributed by atoms with E-state index in [1.165, 1.54) is 0 Å². The normalized spacial score (nSPS) is 14.6. The Morgan fingerprint density at radius 2 is 1.94 bits per heavy atom. The molecule has 0 rings (SSSR count). The molecule has 0 aromatic carbocycles. The van der Waals surface area contributed by atoms with Crippen LogP contribution in [0.15, 0.2) is 0 Å². The van der Waals surface area contributed by atoms with Crippen LogP contribution in [0.5, 0.6) is 0 Å². The summed E-state index contributed by atoms with van der Waals surface area (Å²) in [4.78, 5) is 14.3. The Hall–Kier alpha value is -0.570. The molecule has 0 fully saturated rings. The fourth-order valence-corrected chi connectivity index (χ4v) is 1.77. The molecular weight excluding hydrogens is 200 g/mol. The van der Waals surface area contributed by atoms with Gasteiger partial charge in [-0.2, -0.15) is 0 Å². The molecule has 2 atom stereocenters. The van der Waals surface area contributed by atoms with Crippen molar-refractivity contribution in [3.8, 4) is 0 Å². The van der Waals surface area contributed by atoms with E-state index in [1.807, 2.05) is 18.9 Å². The maximum atomic E-state index is 12.2. The third-order valence-corrected chi connectivity index (χ3v) is 3.09. The van der Waals surface area contributed by atoms with Crippen LogP contribution in [0.2, 0.25) is 0 Å². The highest BCUT2D eigenvalue weighted by Crippen LogP contribution is 2.10. The van der Waals surface area contributed by atoms with Gasteiger partial charge in [0.25, 0.3) is 0 Å². The van der Waals surface area contributed by atoms with Gasteiger partial charge in [-0.25, -0.2) is 0 Å². The minimum Gasteiger partial charge on any atom is -0.340 e. The summed E-state index contributed by atoms with van der Waals surface area (Å²) in [6.45, 7) is 10.1. The monoisotopic (exact) mass is 228 g/mol. The van der Waals surface area contributed by atoms with Crippen LogP contribution in [-0.2, 0) is 4.79 Å². The molecule has 0 aliphatic carbocycles. The van der Waals surface area contributed by atoms with Crippen LogP contribution in [0.4, 0.5) is 0 Å². The van der Waals surface area contributed by atoms with Crippen molar-refractivity contribution in [3.05, 3.63) is 0 Å². The average Bonchev–Trinajstić information content (AvgIpc) is 2.29. The summed E-state index contributed by atoms with van der Waals surface area (Å²) in [5.41, 5.74) is 0. The molecule has 1 N–H and O–H groups in total. The molecule has 0 heterocycles. The SMILES string of the molecule is CCCCN(C(=O)C(C)CNC)C(C)CC. The second kappa shape index (κ2) is 8.57. The van der Waals surface area contributed by atoms with Gasteiger partial charge in [-0.15, -0.1) is 0 Å². The van der Waals surface area contributed by atoms with E-state index in [0.717, 1.165) is 32.4 Å². The van der Waals surface area contributed by atoms with E-state index >= 15 is 0 Å². The van der Waals surface area contributed by atoms with E-state index < -0.39 is 0 Å². The van der Waals surface area contributed by atoms with Gasteiger partial charge < -0.3 is 10.2 Å². The van der Waals surface area contributed by atoms with Crippen LogP contribution in [0.3, 0.4) is 0 Å². The molecule has 3 heteroatoms. The number of carbonyl (C=O) groups is 1. The molecule has 0 aromatic rings. The van der Waals surface area contributed by atoms with Crippen molar-refractivity contribution in [1.82, 2.24) is 10.2 Å². The van der Waals surface area contributed by atoms with Crippen molar-refractivity contribution in [2.45, 2.75) is 53.0 Å². The Morgan fingerprint density at radius 3 is 2.38 bits per heavy atom. The van der Waals surface area contributed by atoms with Gasteiger partial charge in [-0.3, -0.25) is 4.79 Å². The van der Waals surface area contributed by atoms with Crippen molar-refractivity contribution < 1.29 is 4.79 Å². The van der Waals surface area contributed by atoms with Crippen molar-refractivity contribution in [1.29, 1.82) is 0 Å². The molecule has 0 saturated carbocycles. The minimum atomic E-state index is 0.0795. The summed E-state index contributed by atoms with van der Waals surface area (Å²) < 4.78 is 0. The standard InChI is InChI=1S/C13H28N2O/c1-6-8-9-15(12(4)7-2)13(16)11(3)10-14-5/h11-12,14H,6-10H2,1-5H3. The average molecular weight is 228 g/mol. The number of amides is 1. The van der Waals surface area contributed by atoms with E-state index in [1.54, 1.807) is 0 Å². The predicted octanol–water partition coefficient (Wildman–Crippen LogP) is 2.27. The van der Waals surface area contributed by atoms with Gasteiger partial charge in [0.05, 0.1) is 0 Å². The van der Waals surface area contributed by atoms with E-state index in [9.17, 15) is 4.79 Å². The van der Waals surface area contributed by atoms with E-state index in [4.69, 9.17) is 0 Å². The lowest BCUT2D eigenvalue weighted by atomic mass is 10.1. The molecule has 0 saturated heterocycles. The zero-order chi connectivity index (χ0) is 12.6. The molecule has 0 bridgehead atoms. The number of nitrogens with one attached hydrogen (secondary N) is 1. The minimum absolute atomic E-state index is 0.0795. The topological polar surface area (TPSA) is 32.3 Å². The molecule has 0 aromatic heterocycles. The maximum absolute atomic E-state index is 12.2. The van der Waals surface area contributed by atoms with Gasteiger partial charge >= 0.3 is 0 Å². The first-order valence-corrected chi connectivity index (χ1v) is 6.53. The number of carbonyl (C=O) groups excluding carboxylic acids is 1. The van der Waals surface area contributed by atoms with Crippen molar-refractivity contribution in [3.63, 3.8) is 0 Å². The number of rotatable bonds is 8. The summed E-state index contributed by atoms with van der Waals surface area (Å²) in [5.74, 6) is 0.369. The molecule has 0 radical (unpaired) electrons. The highest BCUT2D eigenvalue weighted by atomic mass is 16.2. The summed E-state index contributed by atoms with van der Waals surface area (Å²) >= 11 is 0. The first-order chi connectivity index (χ1) is 7.58. The first kappa shape index (κ1) is 15.4. The molecule has 96 valence electrons. The molecule has 0 aliphatic heterocycles. The maximum Gasteiger partial charge on any atom is 0.226 e. The Kier molecular flexibility index (Phi) is 8.26. The second-order valence-electron chi connectivity index (χ2n) is 4.60. The first-order valence-electron chi connectivity index (χ1n) is 6.53. The Bertz CT molecular complexity index is 194. The van der Waals surface area contributed by atoms with Gasteiger partial charge in [0.1, 0.15) is 0 Å². The fraction of sp³-hybridized carbons (Fsp3) is 0.923. The largest absolute Gasteiger partial charge is 0.340 e. The van der Waals surface area contributed by atoms with Gasteiger partial charge in [-0.05, 0) is 26.8 Å². The van der Waals surface area contributed by atoms with Crippen LogP contribution in [0.25, 0.3) is 0 Å². The van der Waals surface area contributed by atoms with Crippen LogP contribution in [0.1, 0.15) is 47.0 Å². The number of hydrogen-bond acceptors (Lipinski definition) is 2. The molecule has 3 nitrogen and oxygen atoms in total. The lowest BCUT2D eigenvalue weighted by Gasteiger charge is -2.31. The lowest BCUT2D eigenvalue weighted by molar-refractivity contribution is -0.137. The quantitative estimate of drug-likeness (QED) is 0.691. The van der Waals surface area contributed by atoms with Gasteiger partial charge in [0, 0.05) is 25.0 Å². The zero-order valence-electron chi connectivity index (χ0n) is 11.5. The lowest BCUT2D eigenvalue weighted by Crippen LogP contribution is -2.44. The van der Waals surface area contributed by atoms with Crippen LogP contribution >= 0.6 is 0 Å². The Labute approximate surface area is 101 Å². The Morgan fingerprint density at radius 1 is 1.31 bits per heavy atom. The van der Waals surface area contributed by atoms with E-state index in [0.29, 0.717) is 6.04 Å². The highest BCUT2D eigenvalue weighted by molar-refractivity contribution is 5.79. The van der Waals surface area contributed by atoms with Crippen molar-refractivity contribution in [2.24, 2.45) is 5.92 Å². The third kappa shape index (κ3) is 4.97. The van der Waals surface area contributed by atoms with Crippen molar-refractivity contribution in [2.75, 3.05) is 20.1 Å². The highest BCUT2D eigenvalue weighted by Gasteiger charge is 2.22. The summed E-state index contributed by atoms with van der Waals surface area (Å²) in [6.07, 6.45) is 3.27. The van der Waals surface area contributed by atoms with Gasteiger partial charge in [0.15, 0.2) is 0 Å². The number of hydrogen-bond donors (Lipinski definition) is 1. The van der Waals surface area contributed by atoms with E-state index in [2.05, 4.69) is 26.1 Å². The smallest absolute Gasteiger partial charge is 0.226 e. The molecule has 16 heavy (non-hydrogen) atoms. The molecule has 0 aliphatic rings. The van der Waals surface area contributed by atoms with Crippen molar-refractivity contribution >= 4 is 5.91 Å². The summed E-state index contributed by atoms with van der Waals surface area (Å²) in [7, 11) is 1.89. The molecular formula is C13H28N2O. The summed E-state index contributed by atoms with van der Waals surface area (Å²) in [6, 6.07) is 0.360. The van der Waals surface area contributed by atoms with Gasteiger partial charge in [0.2, 0.25) is 5.91 Å². The third-order valence-electron chi connectivity index (χ3n) is 3.09.